The van der Waals surface area contributed by atoms with Crippen LogP contribution in [0.3, 0.4) is 0 Å². The summed E-state index contributed by atoms with van der Waals surface area (Å²) in [5, 5.41) is 9.65. The number of amides is 5. The molecular formula is C29H39N5O8. The maximum atomic E-state index is 13.0. The van der Waals surface area contributed by atoms with E-state index >= 15 is 0 Å². The molecule has 1 aromatic rings. The lowest BCUT2D eigenvalue weighted by Crippen LogP contribution is -2.54. The first-order valence-corrected chi connectivity index (χ1v) is 13.8. The van der Waals surface area contributed by atoms with Crippen molar-refractivity contribution >= 4 is 41.3 Å². The van der Waals surface area contributed by atoms with Crippen LogP contribution in [0.1, 0.15) is 52.1 Å². The Labute approximate surface area is 244 Å². The number of Topliss-reactive ketones (excluding diaryl/α,β-unsaturated/α-hetero) is 2. The molecule has 5 amide bonds. The normalized spacial score (nSPS) is 15.4. The number of nitrogens with zero attached hydrogens (tertiary/aromatic N) is 1. The number of rotatable bonds is 15. The SMILES string of the molecule is CCCC(NC(=O)[C@@H]1C=CCN1C(=O)CNC(=O)OCC(C)C)C(=O)C(=O)NCC(=O)NC(C(C)=O)c1ccccc1. The number of ketones is 2. The van der Waals surface area contributed by atoms with Crippen molar-refractivity contribution in [1.82, 2.24) is 26.2 Å². The molecule has 1 aromatic carbocycles. The third-order valence-electron chi connectivity index (χ3n) is 6.17. The van der Waals surface area contributed by atoms with Gasteiger partial charge in [0.2, 0.25) is 23.5 Å². The number of ether oxygens (including phenoxy) is 1. The van der Waals surface area contributed by atoms with Crippen LogP contribution >= 0.6 is 0 Å². The van der Waals surface area contributed by atoms with E-state index in [1.54, 1.807) is 43.3 Å². The van der Waals surface area contributed by atoms with Gasteiger partial charge in [-0.15, -0.1) is 0 Å². The summed E-state index contributed by atoms with van der Waals surface area (Å²) in [5.41, 5.74) is 0.571. The van der Waals surface area contributed by atoms with Crippen LogP contribution in [0.4, 0.5) is 4.79 Å². The zero-order chi connectivity index (χ0) is 31.2. The average molecular weight is 586 g/mol. The van der Waals surface area contributed by atoms with Crippen molar-refractivity contribution in [2.24, 2.45) is 5.92 Å². The summed E-state index contributed by atoms with van der Waals surface area (Å²) in [5.74, 6) is -4.12. The molecule has 2 unspecified atom stereocenters. The molecule has 1 aliphatic rings. The standard InChI is InChI=1S/C29H39N5O8/c1-5-10-21(26(38)28(40)30-15-23(36)33-25(19(4)35)20-11-7-6-8-12-20)32-27(39)22-13-9-14-34(22)24(37)16-31-29(41)42-17-18(2)3/h6-9,11-13,18,21-22,25H,5,10,14-17H2,1-4H3,(H,30,40)(H,31,41)(H,32,39)(H,33,36)/t21?,22-,25?/m0/s1. The van der Waals surface area contributed by atoms with Gasteiger partial charge in [0, 0.05) is 6.54 Å². The molecule has 0 saturated heterocycles. The Bertz CT molecular complexity index is 1180. The van der Waals surface area contributed by atoms with Crippen LogP contribution in [0.15, 0.2) is 42.5 Å². The number of carbonyl (C=O) groups is 7. The zero-order valence-electron chi connectivity index (χ0n) is 24.3. The number of hydrogen-bond donors (Lipinski definition) is 4. The molecule has 4 N–H and O–H groups in total. The molecule has 3 atom stereocenters. The summed E-state index contributed by atoms with van der Waals surface area (Å²) in [6, 6.07) is 5.41. The van der Waals surface area contributed by atoms with Gasteiger partial charge in [0.15, 0.2) is 5.78 Å². The summed E-state index contributed by atoms with van der Waals surface area (Å²) in [4.78, 5) is 88.6. The molecule has 0 bridgehead atoms. The third kappa shape index (κ3) is 10.5. The van der Waals surface area contributed by atoms with Gasteiger partial charge in [-0.3, -0.25) is 28.8 Å². The first kappa shape index (κ1) is 33.7. The Balaban J connectivity index is 1.92. The Hall–Kier alpha value is -4.55. The van der Waals surface area contributed by atoms with Gasteiger partial charge in [0.05, 0.1) is 19.2 Å². The van der Waals surface area contributed by atoms with E-state index in [0.717, 1.165) is 0 Å². The van der Waals surface area contributed by atoms with Gasteiger partial charge in [-0.2, -0.15) is 0 Å². The minimum Gasteiger partial charge on any atom is -0.449 e. The smallest absolute Gasteiger partial charge is 0.407 e. The van der Waals surface area contributed by atoms with Gasteiger partial charge in [0.1, 0.15) is 18.6 Å². The number of alkyl carbamates (subject to hydrolysis) is 1. The minimum absolute atomic E-state index is 0.117. The lowest BCUT2D eigenvalue weighted by Gasteiger charge is -2.26. The van der Waals surface area contributed by atoms with E-state index in [4.69, 9.17) is 4.74 Å². The van der Waals surface area contributed by atoms with Gasteiger partial charge in [0.25, 0.3) is 5.91 Å². The highest BCUT2D eigenvalue weighted by molar-refractivity contribution is 6.38. The van der Waals surface area contributed by atoms with Crippen LogP contribution in [0.25, 0.3) is 0 Å². The topological polar surface area (TPSA) is 180 Å². The van der Waals surface area contributed by atoms with Crippen molar-refractivity contribution in [2.45, 2.75) is 58.7 Å². The number of carbonyl (C=O) groups excluding carboxylic acids is 7. The predicted octanol–water partition coefficient (Wildman–Crippen LogP) is 0.552. The fourth-order valence-corrected chi connectivity index (χ4v) is 4.05. The molecule has 0 fully saturated rings. The summed E-state index contributed by atoms with van der Waals surface area (Å²) in [7, 11) is 0. The second kappa shape index (κ2) is 16.7. The van der Waals surface area contributed by atoms with Crippen LogP contribution < -0.4 is 21.3 Å². The molecule has 42 heavy (non-hydrogen) atoms. The van der Waals surface area contributed by atoms with Gasteiger partial charge in [-0.25, -0.2) is 4.79 Å². The van der Waals surface area contributed by atoms with E-state index in [2.05, 4.69) is 21.3 Å². The van der Waals surface area contributed by atoms with Crippen LogP contribution in [0, 0.1) is 5.92 Å². The van der Waals surface area contributed by atoms with Crippen molar-refractivity contribution in [2.75, 3.05) is 26.2 Å². The highest BCUT2D eigenvalue weighted by Crippen LogP contribution is 2.14. The van der Waals surface area contributed by atoms with Crippen LogP contribution in [-0.2, 0) is 33.5 Å². The molecule has 0 saturated carbocycles. The van der Waals surface area contributed by atoms with E-state index in [1.807, 2.05) is 13.8 Å². The molecule has 0 aliphatic carbocycles. The first-order valence-electron chi connectivity index (χ1n) is 13.8. The van der Waals surface area contributed by atoms with E-state index in [9.17, 15) is 33.6 Å². The van der Waals surface area contributed by atoms with E-state index in [1.165, 1.54) is 17.9 Å². The summed E-state index contributed by atoms with van der Waals surface area (Å²) in [6.45, 7) is 6.18. The molecule has 2 rings (SSSR count). The van der Waals surface area contributed by atoms with Crippen molar-refractivity contribution in [3.05, 3.63) is 48.0 Å². The Morgan fingerprint density at radius 1 is 0.976 bits per heavy atom. The number of nitrogens with one attached hydrogen (secondary N) is 4. The molecule has 13 nitrogen and oxygen atoms in total. The second-order valence-corrected chi connectivity index (χ2v) is 10.2. The molecule has 1 aliphatic heterocycles. The van der Waals surface area contributed by atoms with Crippen LogP contribution in [-0.4, -0.2) is 84.5 Å². The summed E-state index contributed by atoms with van der Waals surface area (Å²) >= 11 is 0. The van der Waals surface area contributed by atoms with Crippen molar-refractivity contribution in [1.29, 1.82) is 0 Å². The van der Waals surface area contributed by atoms with E-state index in [0.29, 0.717) is 12.0 Å². The Kier molecular flexibility index (Phi) is 13.3. The molecule has 0 aromatic heterocycles. The number of benzene rings is 1. The van der Waals surface area contributed by atoms with Crippen LogP contribution in [0.5, 0.6) is 0 Å². The van der Waals surface area contributed by atoms with Crippen molar-refractivity contribution in [3.8, 4) is 0 Å². The second-order valence-electron chi connectivity index (χ2n) is 10.2. The zero-order valence-corrected chi connectivity index (χ0v) is 24.3. The molecule has 13 heteroatoms. The monoisotopic (exact) mass is 585 g/mol. The Morgan fingerprint density at radius 2 is 1.67 bits per heavy atom. The fraction of sp³-hybridized carbons (Fsp3) is 0.483. The lowest BCUT2D eigenvalue weighted by molar-refractivity contribution is -0.142. The molecule has 1 heterocycles. The number of hydrogen-bond acceptors (Lipinski definition) is 8. The summed E-state index contributed by atoms with van der Waals surface area (Å²) < 4.78 is 4.97. The maximum absolute atomic E-state index is 13.0. The van der Waals surface area contributed by atoms with Gasteiger partial charge >= 0.3 is 6.09 Å². The molecule has 228 valence electrons. The third-order valence-corrected chi connectivity index (χ3v) is 6.17. The van der Waals surface area contributed by atoms with E-state index < -0.39 is 60.2 Å². The molecular weight excluding hydrogens is 546 g/mol. The average Bonchev–Trinajstić information content (AvgIpc) is 3.46. The Morgan fingerprint density at radius 3 is 2.29 bits per heavy atom. The van der Waals surface area contributed by atoms with Crippen molar-refractivity contribution in [3.63, 3.8) is 0 Å². The lowest BCUT2D eigenvalue weighted by atomic mass is 10.0. The van der Waals surface area contributed by atoms with Gasteiger partial charge in [-0.05, 0) is 24.8 Å². The molecule has 0 radical (unpaired) electrons. The van der Waals surface area contributed by atoms with E-state index in [-0.39, 0.29) is 37.8 Å². The predicted molar refractivity (Wildman–Crippen MR) is 152 cm³/mol. The first-order chi connectivity index (χ1) is 19.9. The maximum Gasteiger partial charge on any atom is 0.407 e. The molecule has 0 spiro atoms. The highest BCUT2D eigenvalue weighted by Gasteiger charge is 2.34. The quantitative estimate of drug-likeness (QED) is 0.170. The van der Waals surface area contributed by atoms with Gasteiger partial charge < -0.3 is 30.9 Å². The largest absolute Gasteiger partial charge is 0.449 e. The van der Waals surface area contributed by atoms with Crippen LogP contribution in [0.2, 0.25) is 0 Å². The fourth-order valence-electron chi connectivity index (χ4n) is 4.05. The highest BCUT2D eigenvalue weighted by atomic mass is 16.5. The van der Waals surface area contributed by atoms with Gasteiger partial charge in [-0.1, -0.05) is 69.7 Å². The minimum atomic E-state index is -1.20. The summed E-state index contributed by atoms with van der Waals surface area (Å²) in [6.07, 6.45) is 2.92. The van der Waals surface area contributed by atoms with Crippen molar-refractivity contribution < 1.29 is 38.3 Å².